The Balaban J connectivity index is 1.54. The number of nitrogens with zero attached hydrogens (tertiary/aromatic N) is 4. The first-order chi connectivity index (χ1) is 15.6. The van der Waals surface area contributed by atoms with Crippen molar-refractivity contribution in [3.8, 4) is 0 Å². The predicted octanol–water partition coefficient (Wildman–Crippen LogP) is 3.24. The second-order valence-electron chi connectivity index (χ2n) is 9.75. The summed E-state index contributed by atoms with van der Waals surface area (Å²) in [6, 6.07) is 5.34. The van der Waals surface area contributed by atoms with E-state index in [1.165, 1.54) is 0 Å². The summed E-state index contributed by atoms with van der Waals surface area (Å²) in [5.41, 5.74) is 1.82. The quantitative estimate of drug-likeness (QED) is 0.565. The van der Waals surface area contributed by atoms with Crippen molar-refractivity contribution in [3.63, 3.8) is 0 Å². The lowest BCUT2D eigenvalue weighted by Crippen LogP contribution is -2.43. The molecule has 0 spiro atoms. The molecular formula is C23H32N8O2. The summed E-state index contributed by atoms with van der Waals surface area (Å²) in [7, 11) is 4.13. The van der Waals surface area contributed by atoms with E-state index in [0.717, 1.165) is 25.9 Å². The molecule has 176 valence electrons. The van der Waals surface area contributed by atoms with Crippen LogP contribution in [0.15, 0.2) is 24.4 Å². The minimum atomic E-state index is -0.357. The Kier molecular flexibility index (Phi) is 6.11. The molecule has 1 fully saturated rings. The number of carbonyl (C=O) groups excluding carboxylic acids is 2. The summed E-state index contributed by atoms with van der Waals surface area (Å²) >= 11 is 0. The van der Waals surface area contributed by atoms with Crippen molar-refractivity contribution in [2.45, 2.75) is 45.2 Å². The molecule has 4 N–H and O–H groups in total. The number of rotatable bonds is 3. The average molecular weight is 453 g/mol. The van der Waals surface area contributed by atoms with Gasteiger partial charge < -0.3 is 31.1 Å². The van der Waals surface area contributed by atoms with Gasteiger partial charge in [-0.3, -0.25) is 4.79 Å². The molecule has 0 aliphatic carbocycles. The lowest BCUT2D eigenvalue weighted by atomic mass is 10.0. The smallest absolute Gasteiger partial charge is 0.319 e. The Hall–Kier alpha value is -3.40. The summed E-state index contributed by atoms with van der Waals surface area (Å²) < 4.78 is 0. The number of likely N-dealkylation sites (tertiary alicyclic amines) is 1. The van der Waals surface area contributed by atoms with Crippen molar-refractivity contribution in [2.75, 3.05) is 48.0 Å². The topological polar surface area (TPSA) is 115 Å². The van der Waals surface area contributed by atoms with Crippen LogP contribution in [0.4, 0.5) is 33.6 Å². The Morgan fingerprint density at radius 2 is 1.91 bits per heavy atom. The van der Waals surface area contributed by atoms with Crippen LogP contribution in [0.3, 0.4) is 0 Å². The van der Waals surface area contributed by atoms with Crippen LogP contribution in [0.5, 0.6) is 0 Å². The summed E-state index contributed by atoms with van der Waals surface area (Å²) in [5, 5.41) is 11.8. The number of amides is 3. The molecule has 0 saturated carbocycles. The van der Waals surface area contributed by atoms with Gasteiger partial charge in [-0.2, -0.15) is 4.98 Å². The van der Waals surface area contributed by atoms with Crippen molar-refractivity contribution in [1.29, 1.82) is 0 Å². The van der Waals surface area contributed by atoms with Crippen molar-refractivity contribution in [3.05, 3.63) is 30.0 Å². The van der Waals surface area contributed by atoms with Gasteiger partial charge in [0.2, 0.25) is 5.95 Å². The van der Waals surface area contributed by atoms with E-state index < -0.39 is 0 Å². The third kappa shape index (κ3) is 5.33. The molecule has 10 heteroatoms. The fourth-order valence-electron chi connectivity index (χ4n) is 4.00. The van der Waals surface area contributed by atoms with E-state index in [1.807, 2.05) is 27.8 Å². The van der Waals surface area contributed by atoms with Crippen LogP contribution in [0, 0.1) is 0 Å². The number of piperidine rings is 1. The maximum Gasteiger partial charge on any atom is 0.319 e. The molecule has 0 bridgehead atoms. The highest BCUT2D eigenvalue weighted by molar-refractivity contribution is 6.11. The van der Waals surface area contributed by atoms with Crippen LogP contribution in [-0.2, 0) is 0 Å². The van der Waals surface area contributed by atoms with Gasteiger partial charge >= 0.3 is 6.03 Å². The molecule has 3 amide bonds. The number of aromatic nitrogens is 2. The third-order valence-electron chi connectivity index (χ3n) is 5.84. The van der Waals surface area contributed by atoms with Crippen LogP contribution >= 0.6 is 0 Å². The van der Waals surface area contributed by atoms with Crippen molar-refractivity contribution < 1.29 is 9.59 Å². The Labute approximate surface area is 194 Å². The van der Waals surface area contributed by atoms with Crippen LogP contribution in [0.2, 0.25) is 0 Å². The maximum atomic E-state index is 12.9. The minimum absolute atomic E-state index is 0.305. The fraction of sp³-hybridized carbons (Fsp3) is 0.478. The molecule has 0 radical (unpaired) electrons. The molecule has 0 atom stereocenters. The second-order valence-corrected chi connectivity index (χ2v) is 9.75. The van der Waals surface area contributed by atoms with E-state index >= 15 is 0 Å². The molecule has 1 aromatic carbocycles. The first-order valence-electron chi connectivity index (χ1n) is 11.2. The fourth-order valence-corrected chi connectivity index (χ4v) is 4.00. The Morgan fingerprint density at radius 1 is 1.18 bits per heavy atom. The normalized spacial score (nSPS) is 16.6. The average Bonchev–Trinajstić information content (AvgIpc) is 2.87. The summed E-state index contributed by atoms with van der Waals surface area (Å²) in [6.45, 7) is 7.80. The van der Waals surface area contributed by atoms with Crippen molar-refractivity contribution in [1.82, 2.24) is 20.2 Å². The number of hydrogen-bond donors (Lipinski definition) is 4. The molecule has 10 nitrogen and oxygen atoms in total. The van der Waals surface area contributed by atoms with Gasteiger partial charge in [-0.15, -0.1) is 0 Å². The van der Waals surface area contributed by atoms with Crippen LogP contribution in [0.25, 0.3) is 0 Å². The van der Waals surface area contributed by atoms with E-state index in [2.05, 4.69) is 48.1 Å². The SMILES string of the molecule is CN1CCC(N(C)c2ncc3c(n2)Nc2ccc(NC(=O)NC(C)(C)C)cc2NC3=O)CC1. The lowest BCUT2D eigenvalue weighted by Gasteiger charge is -2.35. The van der Waals surface area contributed by atoms with Crippen LogP contribution in [-0.4, -0.2) is 65.6 Å². The highest BCUT2D eigenvalue weighted by atomic mass is 16.2. The van der Waals surface area contributed by atoms with Gasteiger partial charge in [-0.25, -0.2) is 9.78 Å². The molecule has 1 aromatic heterocycles. The molecule has 2 aliphatic rings. The Bertz CT molecular complexity index is 1060. The minimum Gasteiger partial charge on any atom is -0.341 e. The molecule has 2 aliphatic heterocycles. The number of fused-ring (bicyclic) bond motifs is 2. The molecule has 3 heterocycles. The predicted molar refractivity (Wildman–Crippen MR) is 131 cm³/mol. The number of hydrogen-bond acceptors (Lipinski definition) is 7. The number of nitrogens with one attached hydrogen (secondary N) is 4. The van der Waals surface area contributed by atoms with E-state index in [9.17, 15) is 9.59 Å². The van der Waals surface area contributed by atoms with Gasteiger partial charge in [0.25, 0.3) is 5.91 Å². The first kappa shape index (κ1) is 22.8. The van der Waals surface area contributed by atoms with Crippen molar-refractivity contribution in [2.24, 2.45) is 0 Å². The van der Waals surface area contributed by atoms with Gasteiger partial charge in [0.15, 0.2) is 0 Å². The van der Waals surface area contributed by atoms with Gasteiger partial charge in [-0.1, -0.05) is 0 Å². The monoisotopic (exact) mass is 452 g/mol. The largest absolute Gasteiger partial charge is 0.341 e. The molecule has 2 aromatic rings. The van der Waals surface area contributed by atoms with Crippen LogP contribution < -0.4 is 26.2 Å². The lowest BCUT2D eigenvalue weighted by molar-refractivity contribution is 0.102. The number of carbonyl (C=O) groups is 2. The second kappa shape index (κ2) is 8.86. The van der Waals surface area contributed by atoms with Gasteiger partial charge in [0, 0.05) is 30.5 Å². The first-order valence-corrected chi connectivity index (χ1v) is 11.2. The highest BCUT2D eigenvalue weighted by Crippen LogP contribution is 2.33. The zero-order valence-electron chi connectivity index (χ0n) is 19.8. The highest BCUT2D eigenvalue weighted by Gasteiger charge is 2.26. The number of benzene rings is 1. The van der Waals surface area contributed by atoms with E-state index in [1.54, 1.807) is 24.4 Å². The molecule has 1 saturated heterocycles. The summed E-state index contributed by atoms with van der Waals surface area (Å²) in [4.78, 5) is 38.6. The summed E-state index contributed by atoms with van der Waals surface area (Å²) in [6.07, 6.45) is 3.65. The standard InChI is InChI=1S/C23H32N8O2/c1-23(2,3)29-22(33)25-14-6-7-17-18(12-14)27-20(32)16-13-24-21(28-19(16)26-17)31(5)15-8-10-30(4)11-9-15/h6-7,12-13,15H,8-11H2,1-5H3,(H,27,32)(H,24,26,28)(H2,25,29,33). The van der Waals surface area contributed by atoms with Gasteiger partial charge in [-0.05, 0) is 71.9 Å². The van der Waals surface area contributed by atoms with E-state index in [0.29, 0.717) is 40.4 Å². The zero-order chi connectivity index (χ0) is 23.8. The maximum absolute atomic E-state index is 12.9. The summed E-state index contributed by atoms with van der Waals surface area (Å²) in [5.74, 6) is 0.743. The number of urea groups is 1. The van der Waals surface area contributed by atoms with Gasteiger partial charge in [0.05, 0.1) is 11.4 Å². The Morgan fingerprint density at radius 3 is 2.61 bits per heavy atom. The molecular weight excluding hydrogens is 420 g/mol. The van der Waals surface area contributed by atoms with Gasteiger partial charge in [0.1, 0.15) is 11.4 Å². The van der Waals surface area contributed by atoms with E-state index in [4.69, 9.17) is 0 Å². The molecule has 0 unspecified atom stereocenters. The molecule has 4 rings (SSSR count). The zero-order valence-corrected chi connectivity index (χ0v) is 19.8. The van der Waals surface area contributed by atoms with E-state index in [-0.39, 0.29) is 17.5 Å². The molecule has 33 heavy (non-hydrogen) atoms. The van der Waals surface area contributed by atoms with Crippen molar-refractivity contribution >= 4 is 40.8 Å². The third-order valence-corrected chi connectivity index (χ3v) is 5.84. The number of anilines is 5. The van der Waals surface area contributed by atoms with Crippen LogP contribution in [0.1, 0.15) is 44.0 Å².